The third-order valence-electron chi connectivity index (χ3n) is 3.78. The number of urea groups is 1. The van der Waals surface area contributed by atoms with Crippen LogP contribution in [0.5, 0.6) is 0 Å². The second kappa shape index (κ2) is 6.09. The maximum absolute atomic E-state index is 11.9. The van der Waals surface area contributed by atoms with Crippen molar-refractivity contribution in [1.29, 1.82) is 0 Å². The molecular formula is C14H19N3O4. The summed E-state index contributed by atoms with van der Waals surface area (Å²) in [6, 6.07) is 2.75. The number of hydrogen-bond donors (Lipinski definition) is 3. The zero-order chi connectivity index (χ0) is 15.5. The smallest absolute Gasteiger partial charge is 0.354 e. The Hall–Kier alpha value is -2.15. The van der Waals surface area contributed by atoms with E-state index in [1.54, 1.807) is 6.07 Å². The Balaban J connectivity index is 1.85. The van der Waals surface area contributed by atoms with Crippen LogP contribution in [-0.4, -0.2) is 40.3 Å². The molecule has 2 heterocycles. The lowest BCUT2D eigenvalue weighted by molar-refractivity contribution is 0.0690. The van der Waals surface area contributed by atoms with Crippen molar-refractivity contribution in [3.63, 3.8) is 0 Å². The molecule has 0 saturated carbocycles. The van der Waals surface area contributed by atoms with Crippen LogP contribution >= 0.6 is 0 Å². The van der Waals surface area contributed by atoms with Crippen molar-refractivity contribution in [3.05, 3.63) is 29.6 Å². The predicted molar refractivity (Wildman–Crippen MR) is 75.0 cm³/mol. The van der Waals surface area contributed by atoms with Crippen LogP contribution in [0.2, 0.25) is 0 Å². The molecule has 0 bridgehead atoms. The van der Waals surface area contributed by atoms with Crippen LogP contribution in [0.15, 0.2) is 18.3 Å². The lowest BCUT2D eigenvalue weighted by atomic mass is 9.95. The van der Waals surface area contributed by atoms with E-state index in [-0.39, 0.29) is 29.9 Å². The van der Waals surface area contributed by atoms with Gasteiger partial charge in [0.15, 0.2) is 0 Å². The molecule has 1 aliphatic heterocycles. The number of nitrogens with zero attached hydrogens (tertiary/aromatic N) is 1. The van der Waals surface area contributed by atoms with E-state index in [9.17, 15) is 9.59 Å². The molecule has 7 nitrogen and oxygen atoms in total. The molecule has 1 aliphatic rings. The Morgan fingerprint density at radius 2 is 2.29 bits per heavy atom. The number of aromatic carboxylic acids is 1. The Kier molecular flexibility index (Phi) is 4.42. The van der Waals surface area contributed by atoms with Gasteiger partial charge in [-0.3, -0.25) is 0 Å². The average Bonchev–Trinajstić information content (AvgIpc) is 2.76. The van der Waals surface area contributed by atoms with Gasteiger partial charge < -0.3 is 20.5 Å². The van der Waals surface area contributed by atoms with E-state index in [2.05, 4.69) is 15.6 Å². The van der Waals surface area contributed by atoms with Gasteiger partial charge in [0.05, 0.1) is 11.6 Å². The number of carboxylic acids is 1. The molecule has 3 N–H and O–H groups in total. The van der Waals surface area contributed by atoms with Gasteiger partial charge in [-0.05, 0) is 31.9 Å². The minimum absolute atomic E-state index is 0.0207. The quantitative estimate of drug-likeness (QED) is 0.773. The molecule has 0 aliphatic carbocycles. The molecule has 0 aromatic carbocycles. The summed E-state index contributed by atoms with van der Waals surface area (Å²) in [6.07, 6.45) is 2.18. The number of aromatic nitrogens is 1. The van der Waals surface area contributed by atoms with Crippen molar-refractivity contribution in [2.24, 2.45) is 0 Å². The highest BCUT2D eigenvalue weighted by Gasteiger charge is 2.38. The first-order valence-electron chi connectivity index (χ1n) is 6.76. The van der Waals surface area contributed by atoms with E-state index in [0.29, 0.717) is 6.61 Å². The summed E-state index contributed by atoms with van der Waals surface area (Å²) < 4.78 is 5.46. The van der Waals surface area contributed by atoms with Gasteiger partial charge in [0.2, 0.25) is 0 Å². The maximum Gasteiger partial charge on any atom is 0.354 e. The van der Waals surface area contributed by atoms with Crippen LogP contribution in [0.25, 0.3) is 0 Å². The number of carbonyl (C=O) groups is 2. The van der Waals surface area contributed by atoms with E-state index in [1.165, 1.54) is 12.3 Å². The first-order valence-corrected chi connectivity index (χ1v) is 6.76. The van der Waals surface area contributed by atoms with Gasteiger partial charge in [-0.1, -0.05) is 6.07 Å². The van der Waals surface area contributed by atoms with Crippen molar-refractivity contribution in [1.82, 2.24) is 15.6 Å². The van der Waals surface area contributed by atoms with Gasteiger partial charge in [-0.15, -0.1) is 0 Å². The largest absolute Gasteiger partial charge is 0.477 e. The summed E-state index contributed by atoms with van der Waals surface area (Å²) in [6.45, 7) is 4.80. The molecule has 1 aromatic heterocycles. The van der Waals surface area contributed by atoms with E-state index < -0.39 is 5.97 Å². The maximum atomic E-state index is 11.9. The SMILES string of the molecule is CC1OCCC1(C)NC(=O)NCc1ccc(C(=O)O)nc1. The third kappa shape index (κ3) is 3.69. The molecule has 21 heavy (non-hydrogen) atoms. The molecule has 7 heteroatoms. The standard InChI is InChI=1S/C14H19N3O4/c1-9-14(2,5-6-21-9)17-13(20)16-8-10-3-4-11(12(18)19)15-7-10/h3-4,7,9H,5-6,8H2,1-2H3,(H,18,19)(H2,16,17,20). The molecule has 2 amide bonds. The van der Waals surface area contributed by atoms with Crippen molar-refractivity contribution in [3.8, 4) is 0 Å². The summed E-state index contributed by atoms with van der Waals surface area (Å²) in [5.41, 5.74) is 0.346. The molecule has 114 valence electrons. The lowest BCUT2D eigenvalue weighted by Gasteiger charge is -2.28. The highest BCUT2D eigenvalue weighted by Crippen LogP contribution is 2.24. The molecule has 2 unspecified atom stereocenters. The number of hydrogen-bond acceptors (Lipinski definition) is 4. The molecule has 1 aromatic rings. The zero-order valence-electron chi connectivity index (χ0n) is 12.0. The Bertz CT molecular complexity index is 532. The fourth-order valence-corrected chi connectivity index (χ4v) is 2.14. The van der Waals surface area contributed by atoms with Crippen LogP contribution < -0.4 is 10.6 Å². The number of ether oxygens (including phenoxy) is 1. The van der Waals surface area contributed by atoms with Gasteiger partial charge in [0.25, 0.3) is 0 Å². The van der Waals surface area contributed by atoms with Gasteiger partial charge in [0, 0.05) is 19.3 Å². The average molecular weight is 293 g/mol. The summed E-state index contributed by atoms with van der Waals surface area (Å²) in [7, 11) is 0. The Morgan fingerprint density at radius 3 is 2.81 bits per heavy atom. The second-order valence-corrected chi connectivity index (χ2v) is 5.35. The molecule has 2 rings (SSSR count). The van der Waals surface area contributed by atoms with Crippen LogP contribution in [0.1, 0.15) is 36.3 Å². The van der Waals surface area contributed by atoms with Crippen LogP contribution in [0.4, 0.5) is 4.79 Å². The number of carboxylic acid groups (broad SMARTS) is 1. The van der Waals surface area contributed by atoms with Gasteiger partial charge in [0.1, 0.15) is 5.69 Å². The molecule has 1 fully saturated rings. The summed E-state index contributed by atoms with van der Waals surface area (Å²) in [4.78, 5) is 26.4. The zero-order valence-corrected chi connectivity index (χ0v) is 12.0. The third-order valence-corrected chi connectivity index (χ3v) is 3.78. The molecular weight excluding hydrogens is 274 g/mol. The normalized spacial score (nSPS) is 24.6. The second-order valence-electron chi connectivity index (χ2n) is 5.35. The number of carbonyl (C=O) groups excluding carboxylic acids is 1. The van der Waals surface area contributed by atoms with E-state index in [4.69, 9.17) is 9.84 Å². The number of amides is 2. The Morgan fingerprint density at radius 1 is 1.52 bits per heavy atom. The van der Waals surface area contributed by atoms with E-state index in [0.717, 1.165) is 12.0 Å². The Labute approximate surface area is 122 Å². The molecule has 1 saturated heterocycles. The first-order chi connectivity index (χ1) is 9.90. The van der Waals surface area contributed by atoms with Crippen molar-refractivity contribution < 1.29 is 19.4 Å². The topological polar surface area (TPSA) is 101 Å². The highest BCUT2D eigenvalue weighted by atomic mass is 16.5. The predicted octanol–water partition coefficient (Wildman–Crippen LogP) is 1.15. The summed E-state index contributed by atoms with van der Waals surface area (Å²) >= 11 is 0. The molecule has 0 spiro atoms. The summed E-state index contributed by atoms with van der Waals surface area (Å²) in [5.74, 6) is -1.07. The van der Waals surface area contributed by atoms with Gasteiger partial charge in [-0.25, -0.2) is 14.6 Å². The minimum atomic E-state index is -1.07. The number of nitrogens with one attached hydrogen (secondary N) is 2. The van der Waals surface area contributed by atoms with Gasteiger partial charge >= 0.3 is 12.0 Å². The van der Waals surface area contributed by atoms with Crippen LogP contribution in [0, 0.1) is 0 Å². The fraction of sp³-hybridized carbons (Fsp3) is 0.500. The number of rotatable bonds is 4. The highest BCUT2D eigenvalue weighted by molar-refractivity contribution is 5.85. The molecule has 0 radical (unpaired) electrons. The monoisotopic (exact) mass is 293 g/mol. The number of pyridine rings is 1. The fourth-order valence-electron chi connectivity index (χ4n) is 2.14. The van der Waals surface area contributed by atoms with Crippen molar-refractivity contribution >= 4 is 12.0 Å². The van der Waals surface area contributed by atoms with Gasteiger partial charge in [-0.2, -0.15) is 0 Å². The van der Waals surface area contributed by atoms with Crippen LogP contribution in [0.3, 0.4) is 0 Å². The van der Waals surface area contributed by atoms with Crippen LogP contribution in [-0.2, 0) is 11.3 Å². The van der Waals surface area contributed by atoms with Crippen molar-refractivity contribution in [2.75, 3.05) is 6.61 Å². The summed E-state index contributed by atoms with van der Waals surface area (Å²) in [5, 5.41) is 14.4. The minimum Gasteiger partial charge on any atom is -0.477 e. The molecule has 2 atom stereocenters. The lowest BCUT2D eigenvalue weighted by Crippen LogP contribution is -2.53. The van der Waals surface area contributed by atoms with Crippen molar-refractivity contribution in [2.45, 2.75) is 38.5 Å². The van der Waals surface area contributed by atoms with E-state index >= 15 is 0 Å². The van der Waals surface area contributed by atoms with E-state index in [1.807, 2.05) is 13.8 Å². The first kappa shape index (κ1) is 15.2.